The molecule has 2 amide bonds. The molecule has 3 aromatic rings. The third-order valence-corrected chi connectivity index (χ3v) is 8.04. The first kappa shape index (κ1) is 28.6. The van der Waals surface area contributed by atoms with Crippen molar-refractivity contribution in [2.24, 2.45) is 0 Å². The Morgan fingerprint density at radius 2 is 1.59 bits per heavy atom. The summed E-state index contributed by atoms with van der Waals surface area (Å²) in [7, 11) is -1.42. The molecule has 1 aliphatic rings. The Kier molecular flexibility index (Phi) is 8.96. The number of imide groups is 1. The molecule has 0 unspecified atom stereocenters. The SMILES string of the molecule is COc1ccccc1OCCN1C(=O)S/C(=C\c2cc(Cl)c(OS(=O)(=O)c3ccc(Cl)cc3)c(OC)c2)C1=O. The molecule has 1 aliphatic heterocycles. The van der Waals surface area contributed by atoms with Gasteiger partial charge >= 0.3 is 10.1 Å². The summed E-state index contributed by atoms with van der Waals surface area (Å²) in [6, 6.07) is 15.3. The molecular formula is C26H21Cl2NO8S2. The van der Waals surface area contributed by atoms with Crippen LogP contribution in [0.4, 0.5) is 4.79 Å². The van der Waals surface area contributed by atoms with Crippen molar-refractivity contribution in [2.75, 3.05) is 27.4 Å². The minimum Gasteiger partial charge on any atom is -0.493 e. The maximum absolute atomic E-state index is 12.9. The van der Waals surface area contributed by atoms with Crippen LogP contribution < -0.4 is 18.4 Å². The van der Waals surface area contributed by atoms with Crippen LogP contribution in [0, 0.1) is 0 Å². The van der Waals surface area contributed by atoms with Gasteiger partial charge in [-0.15, -0.1) is 0 Å². The maximum atomic E-state index is 12.9. The van der Waals surface area contributed by atoms with Crippen molar-refractivity contribution in [3.05, 3.63) is 81.2 Å². The van der Waals surface area contributed by atoms with Crippen LogP contribution in [-0.4, -0.2) is 51.8 Å². The average Bonchev–Trinajstić information content (AvgIpc) is 3.17. The standard InChI is InChI=1S/C26H21Cl2NO8S2/c1-34-20-5-3-4-6-21(20)36-12-11-29-25(30)23(38-26(29)31)15-16-13-19(28)24(22(14-16)35-2)37-39(32,33)18-9-7-17(27)8-10-18/h3-10,13-15H,11-12H2,1-2H3/b23-15-. The third-order valence-electron chi connectivity index (χ3n) is 5.36. The van der Waals surface area contributed by atoms with Gasteiger partial charge in [0, 0.05) is 5.02 Å². The van der Waals surface area contributed by atoms with Gasteiger partial charge < -0.3 is 18.4 Å². The first-order valence-electron chi connectivity index (χ1n) is 11.2. The van der Waals surface area contributed by atoms with Crippen LogP contribution in [0.15, 0.2) is 70.5 Å². The highest BCUT2D eigenvalue weighted by molar-refractivity contribution is 8.18. The van der Waals surface area contributed by atoms with Gasteiger partial charge in [-0.25, -0.2) is 0 Å². The van der Waals surface area contributed by atoms with Gasteiger partial charge in [-0.1, -0.05) is 35.3 Å². The number of methoxy groups -OCH3 is 2. The highest BCUT2D eigenvalue weighted by Crippen LogP contribution is 2.40. The molecule has 9 nitrogen and oxygen atoms in total. The Morgan fingerprint density at radius 1 is 0.923 bits per heavy atom. The molecule has 0 saturated carbocycles. The molecule has 204 valence electrons. The van der Waals surface area contributed by atoms with Crippen molar-refractivity contribution in [2.45, 2.75) is 4.90 Å². The number of hydrogen-bond donors (Lipinski definition) is 0. The van der Waals surface area contributed by atoms with E-state index in [1.54, 1.807) is 24.3 Å². The molecule has 0 atom stereocenters. The molecule has 1 fully saturated rings. The first-order valence-corrected chi connectivity index (χ1v) is 14.2. The number of ether oxygens (including phenoxy) is 3. The molecule has 1 heterocycles. The normalized spacial score (nSPS) is 14.6. The summed E-state index contributed by atoms with van der Waals surface area (Å²) in [4.78, 5) is 26.5. The zero-order valence-electron chi connectivity index (χ0n) is 20.6. The molecule has 0 spiro atoms. The molecule has 0 bridgehead atoms. The van der Waals surface area contributed by atoms with E-state index in [0.29, 0.717) is 22.1 Å². The molecular weight excluding hydrogens is 589 g/mol. The number of amides is 2. The number of rotatable bonds is 10. The number of hydrogen-bond acceptors (Lipinski definition) is 9. The zero-order chi connectivity index (χ0) is 28.2. The van der Waals surface area contributed by atoms with E-state index >= 15 is 0 Å². The van der Waals surface area contributed by atoms with E-state index in [-0.39, 0.29) is 39.5 Å². The van der Waals surface area contributed by atoms with Crippen LogP contribution in [0.1, 0.15) is 5.56 Å². The number of carbonyl (C=O) groups excluding carboxylic acids is 2. The van der Waals surface area contributed by atoms with Crippen molar-refractivity contribution >= 4 is 62.3 Å². The van der Waals surface area contributed by atoms with E-state index in [4.69, 9.17) is 41.6 Å². The summed E-state index contributed by atoms with van der Waals surface area (Å²) < 4.78 is 46.9. The molecule has 4 rings (SSSR count). The molecule has 3 aromatic carbocycles. The fourth-order valence-corrected chi connectivity index (χ4v) is 5.74. The Hall–Kier alpha value is -3.38. The van der Waals surface area contributed by atoms with E-state index < -0.39 is 21.3 Å². The minimum absolute atomic E-state index is 0.00993. The number of thioether (sulfide) groups is 1. The number of carbonyl (C=O) groups is 2. The number of nitrogens with zero attached hydrogens (tertiary/aromatic N) is 1. The second-order valence-electron chi connectivity index (χ2n) is 7.86. The quantitative estimate of drug-likeness (QED) is 0.205. The number of benzene rings is 3. The zero-order valence-corrected chi connectivity index (χ0v) is 23.7. The largest absolute Gasteiger partial charge is 0.493 e. The van der Waals surface area contributed by atoms with Crippen molar-refractivity contribution in [1.82, 2.24) is 4.90 Å². The predicted octanol–water partition coefficient (Wildman–Crippen LogP) is 5.89. The van der Waals surface area contributed by atoms with Crippen LogP contribution in [0.2, 0.25) is 10.0 Å². The van der Waals surface area contributed by atoms with Crippen molar-refractivity contribution in [3.8, 4) is 23.0 Å². The van der Waals surface area contributed by atoms with E-state index in [0.717, 1.165) is 16.7 Å². The maximum Gasteiger partial charge on any atom is 0.339 e. The summed E-state index contributed by atoms with van der Waals surface area (Å²) in [5.41, 5.74) is 0.392. The summed E-state index contributed by atoms with van der Waals surface area (Å²) in [5, 5.41) is -0.174. The molecule has 0 N–H and O–H groups in total. The Labute approximate surface area is 239 Å². The fourth-order valence-electron chi connectivity index (χ4n) is 3.49. The van der Waals surface area contributed by atoms with Crippen molar-refractivity contribution in [1.29, 1.82) is 0 Å². The molecule has 0 radical (unpaired) electrons. The number of para-hydroxylation sites is 2. The van der Waals surface area contributed by atoms with Crippen LogP contribution in [-0.2, 0) is 14.9 Å². The van der Waals surface area contributed by atoms with Crippen LogP contribution in [0.25, 0.3) is 6.08 Å². The van der Waals surface area contributed by atoms with Crippen LogP contribution in [0.3, 0.4) is 0 Å². The highest BCUT2D eigenvalue weighted by atomic mass is 35.5. The summed E-state index contributed by atoms with van der Waals surface area (Å²) in [6.45, 7) is 0.0962. The van der Waals surface area contributed by atoms with Gasteiger partial charge in [0.05, 0.1) is 30.7 Å². The second kappa shape index (κ2) is 12.2. The lowest BCUT2D eigenvalue weighted by Crippen LogP contribution is -2.32. The monoisotopic (exact) mass is 609 g/mol. The Morgan fingerprint density at radius 3 is 2.26 bits per heavy atom. The summed E-state index contributed by atoms with van der Waals surface area (Å²) in [5.74, 6) is 0.299. The summed E-state index contributed by atoms with van der Waals surface area (Å²) >= 11 is 12.9. The van der Waals surface area contributed by atoms with Gasteiger partial charge in [-0.2, -0.15) is 8.42 Å². The van der Waals surface area contributed by atoms with E-state index in [2.05, 4.69) is 0 Å². The van der Waals surface area contributed by atoms with Gasteiger partial charge in [0.15, 0.2) is 17.2 Å². The van der Waals surface area contributed by atoms with Crippen LogP contribution >= 0.6 is 35.0 Å². The van der Waals surface area contributed by atoms with Crippen molar-refractivity contribution in [3.63, 3.8) is 0 Å². The second-order valence-corrected chi connectivity index (χ2v) is 11.2. The Balaban J connectivity index is 1.50. The molecule has 0 aromatic heterocycles. The van der Waals surface area contributed by atoms with Gasteiger partial charge in [0.25, 0.3) is 11.1 Å². The van der Waals surface area contributed by atoms with Gasteiger partial charge in [0.2, 0.25) is 5.75 Å². The van der Waals surface area contributed by atoms with Crippen LogP contribution in [0.5, 0.6) is 23.0 Å². The lowest BCUT2D eigenvalue weighted by molar-refractivity contribution is -0.123. The van der Waals surface area contributed by atoms with Gasteiger partial charge in [-0.3, -0.25) is 14.5 Å². The minimum atomic E-state index is -4.25. The molecule has 1 saturated heterocycles. The summed E-state index contributed by atoms with van der Waals surface area (Å²) in [6.07, 6.45) is 1.46. The van der Waals surface area contributed by atoms with E-state index in [9.17, 15) is 18.0 Å². The fraction of sp³-hybridized carbons (Fsp3) is 0.154. The highest BCUT2D eigenvalue weighted by Gasteiger charge is 2.35. The van der Waals surface area contributed by atoms with E-state index in [1.165, 1.54) is 56.7 Å². The lowest BCUT2D eigenvalue weighted by atomic mass is 10.2. The van der Waals surface area contributed by atoms with Crippen molar-refractivity contribution < 1.29 is 36.4 Å². The number of halogens is 2. The van der Waals surface area contributed by atoms with Gasteiger partial charge in [-0.05, 0) is 71.9 Å². The first-order chi connectivity index (χ1) is 18.6. The van der Waals surface area contributed by atoms with Gasteiger partial charge in [0.1, 0.15) is 11.5 Å². The smallest absolute Gasteiger partial charge is 0.339 e. The molecule has 0 aliphatic carbocycles. The predicted molar refractivity (Wildman–Crippen MR) is 148 cm³/mol. The third kappa shape index (κ3) is 6.62. The topological polar surface area (TPSA) is 108 Å². The molecule has 39 heavy (non-hydrogen) atoms. The molecule has 13 heteroatoms. The van der Waals surface area contributed by atoms with E-state index in [1.807, 2.05) is 0 Å². The average molecular weight is 610 g/mol. The Bertz CT molecular complexity index is 1540. The lowest BCUT2D eigenvalue weighted by Gasteiger charge is -2.14.